The minimum atomic E-state index is -4.48. The van der Waals surface area contributed by atoms with Crippen LogP contribution in [0.4, 0.5) is 27.6 Å². The van der Waals surface area contributed by atoms with Crippen LogP contribution in [0.1, 0.15) is 24.1 Å². The lowest BCUT2D eigenvalue weighted by atomic mass is 10.1. The van der Waals surface area contributed by atoms with Gasteiger partial charge in [0.1, 0.15) is 0 Å². The van der Waals surface area contributed by atoms with E-state index in [-0.39, 0.29) is 16.6 Å². The van der Waals surface area contributed by atoms with Crippen LogP contribution in [0.5, 0.6) is 0 Å². The number of hydrogen-bond donors (Lipinski definition) is 3. The summed E-state index contributed by atoms with van der Waals surface area (Å²) in [6.07, 6.45) is -3.21. The number of benzene rings is 2. The molecule has 29 heavy (non-hydrogen) atoms. The van der Waals surface area contributed by atoms with Crippen molar-refractivity contribution in [2.24, 2.45) is 0 Å². The molecule has 1 heterocycles. The third-order valence-corrected chi connectivity index (χ3v) is 4.26. The van der Waals surface area contributed by atoms with Crippen LogP contribution in [0.2, 0.25) is 0 Å². The average Bonchev–Trinajstić information content (AvgIpc) is 3.03. The lowest BCUT2D eigenvalue weighted by molar-refractivity contribution is -0.137. The van der Waals surface area contributed by atoms with Gasteiger partial charge in [-0.2, -0.15) is 13.2 Å². The Morgan fingerprint density at radius 3 is 2.24 bits per heavy atom. The summed E-state index contributed by atoms with van der Waals surface area (Å²) in [6, 6.07) is 5.18. The van der Waals surface area contributed by atoms with Crippen LogP contribution in [0.15, 0.2) is 42.6 Å². The molecule has 0 aliphatic heterocycles. The predicted octanol–water partition coefficient (Wildman–Crippen LogP) is 4.28. The predicted molar refractivity (Wildman–Crippen MR) is 94.8 cm³/mol. The zero-order valence-electron chi connectivity index (χ0n) is 14.8. The quantitative estimate of drug-likeness (QED) is 0.445. The van der Waals surface area contributed by atoms with Gasteiger partial charge in [-0.3, -0.25) is 9.59 Å². The van der Waals surface area contributed by atoms with Crippen molar-refractivity contribution in [1.29, 1.82) is 0 Å². The van der Waals surface area contributed by atoms with Crippen LogP contribution in [0.25, 0.3) is 10.9 Å². The molecular weight excluding hydrogens is 397 g/mol. The lowest BCUT2D eigenvalue weighted by Crippen LogP contribution is -2.36. The van der Waals surface area contributed by atoms with Gasteiger partial charge in [-0.1, -0.05) is 12.1 Å². The standard InChI is InChI=1S/C19H14F5N3O2/c1-9(10-2-4-11(5-3-10)19(22,23)24)26-17(28)18(29)27-16-8-25-15-7-14(21)13(20)6-12(15)16/h2-9,25H,1H3,(H,26,28)(H,27,29)/t9-/m0/s1. The third-order valence-electron chi connectivity index (χ3n) is 4.26. The summed E-state index contributed by atoms with van der Waals surface area (Å²) in [7, 11) is 0. The molecule has 0 saturated carbocycles. The second-order valence-corrected chi connectivity index (χ2v) is 6.28. The van der Waals surface area contributed by atoms with Crippen molar-refractivity contribution in [3.8, 4) is 0 Å². The minimum absolute atomic E-state index is 0.0706. The molecule has 2 amide bonds. The van der Waals surface area contributed by atoms with Gasteiger partial charge in [0, 0.05) is 17.6 Å². The van der Waals surface area contributed by atoms with Crippen LogP contribution in [0, 0.1) is 11.6 Å². The number of H-pyrrole nitrogens is 1. The number of aromatic amines is 1. The number of halogens is 5. The van der Waals surface area contributed by atoms with Crippen molar-refractivity contribution in [2.75, 3.05) is 5.32 Å². The molecule has 3 rings (SSSR count). The van der Waals surface area contributed by atoms with E-state index in [2.05, 4.69) is 15.6 Å². The minimum Gasteiger partial charge on any atom is -0.359 e. The molecule has 0 aliphatic carbocycles. The lowest BCUT2D eigenvalue weighted by Gasteiger charge is -2.15. The number of aromatic nitrogens is 1. The van der Waals surface area contributed by atoms with Gasteiger partial charge < -0.3 is 15.6 Å². The van der Waals surface area contributed by atoms with E-state index in [0.29, 0.717) is 5.56 Å². The Kier molecular flexibility index (Phi) is 5.27. The molecule has 1 aromatic heterocycles. The molecule has 0 aliphatic rings. The number of hydrogen-bond acceptors (Lipinski definition) is 2. The van der Waals surface area contributed by atoms with E-state index < -0.39 is 41.2 Å². The maximum Gasteiger partial charge on any atom is 0.416 e. The van der Waals surface area contributed by atoms with Gasteiger partial charge in [0.25, 0.3) is 0 Å². The number of anilines is 1. The van der Waals surface area contributed by atoms with Crippen LogP contribution in [0.3, 0.4) is 0 Å². The third kappa shape index (κ3) is 4.36. The van der Waals surface area contributed by atoms with E-state index in [0.717, 1.165) is 24.3 Å². The second-order valence-electron chi connectivity index (χ2n) is 6.28. The van der Waals surface area contributed by atoms with Gasteiger partial charge in [0.2, 0.25) is 0 Å². The molecule has 152 valence electrons. The molecule has 0 fully saturated rings. The van der Waals surface area contributed by atoms with Crippen molar-refractivity contribution in [1.82, 2.24) is 10.3 Å². The highest BCUT2D eigenvalue weighted by Gasteiger charge is 2.30. The topological polar surface area (TPSA) is 74.0 Å². The molecule has 3 aromatic rings. The van der Waals surface area contributed by atoms with Crippen molar-refractivity contribution < 1.29 is 31.5 Å². The molecule has 2 aromatic carbocycles. The number of alkyl halides is 3. The first kappa shape index (κ1) is 20.3. The number of rotatable bonds is 3. The van der Waals surface area contributed by atoms with Gasteiger partial charge in [0.05, 0.1) is 22.8 Å². The summed E-state index contributed by atoms with van der Waals surface area (Å²) in [5.41, 5.74) is -0.178. The van der Waals surface area contributed by atoms with Gasteiger partial charge in [-0.25, -0.2) is 8.78 Å². The smallest absolute Gasteiger partial charge is 0.359 e. The average molecular weight is 411 g/mol. The van der Waals surface area contributed by atoms with E-state index in [4.69, 9.17) is 0 Å². The molecule has 0 spiro atoms. The number of carbonyl (C=O) groups is 2. The summed E-state index contributed by atoms with van der Waals surface area (Å²) in [5, 5.41) is 4.80. The first-order valence-electron chi connectivity index (χ1n) is 8.31. The van der Waals surface area contributed by atoms with Crippen molar-refractivity contribution in [2.45, 2.75) is 19.1 Å². The van der Waals surface area contributed by atoms with E-state index in [9.17, 15) is 31.5 Å². The molecule has 5 nitrogen and oxygen atoms in total. The Balaban J connectivity index is 1.68. The Labute approximate surface area is 160 Å². The highest BCUT2D eigenvalue weighted by molar-refractivity contribution is 6.40. The monoisotopic (exact) mass is 411 g/mol. The summed E-state index contributed by atoms with van der Waals surface area (Å²) in [4.78, 5) is 26.8. The summed E-state index contributed by atoms with van der Waals surface area (Å²) in [6.45, 7) is 1.50. The van der Waals surface area contributed by atoms with Gasteiger partial charge in [-0.05, 0) is 30.7 Å². The molecular formula is C19H14F5N3O2. The largest absolute Gasteiger partial charge is 0.416 e. The Morgan fingerprint density at radius 1 is 1.00 bits per heavy atom. The Bertz CT molecular complexity index is 1070. The fourth-order valence-electron chi connectivity index (χ4n) is 2.71. The molecule has 10 heteroatoms. The first-order chi connectivity index (χ1) is 13.6. The number of amides is 2. The van der Waals surface area contributed by atoms with Gasteiger partial charge in [0.15, 0.2) is 11.6 Å². The molecule has 0 unspecified atom stereocenters. The fraction of sp³-hybridized carbons (Fsp3) is 0.158. The van der Waals surface area contributed by atoms with E-state index in [1.807, 2.05) is 0 Å². The maximum absolute atomic E-state index is 13.4. The SMILES string of the molecule is C[C@H](NC(=O)C(=O)Nc1c[nH]c2cc(F)c(F)cc12)c1ccc(C(F)(F)F)cc1. The highest BCUT2D eigenvalue weighted by Crippen LogP contribution is 2.30. The van der Waals surface area contributed by atoms with E-state index >= 15 is 0 Å². The van der Waals surface area contributed by atoms with Gasteiger partial charge in [-0.15, -0.1) is 0 Å². The van der Waals surface area contributed by atoms with E-state index in [1.165, 1.54) is 25.3 Å². The number of fused-ring (bicyclic) bond motifs is 1. The molecule has 0 saturated heterocycles. The number of carbonyl (C=O) groups excluding carboxylic acids is 2. The first-order valence-corrected chi connectivity index (χ1v) is 8.31. The van der Waals surface area contributed by atoms with Crippen molar-refractivity contribution in [3.05, 3.63) is 65.4 Å². The Morgan fingerprint density at radius 2 is 1.62 bits per heavy atom. The van der Waals surface area contributed by atoms with Crippen LogP contribution in [-0.2, 0) is 15.8 Å². The normalized spacial score (nSPS) is 12.6. The summed E-state index contributed by atoms with van der Waals surface area (Å²) in [5.74, 6) is -4.31. The van der Waals surface area contributed by atoms with Crippen LogP contribution >= 0.6 is 0 Å². The highest BCUT2D eigenvalue weighted by atomic mass is 19.4. The maximum atomic E-state index is 13.4. The van der Waals surface area contributed by atoms with Crippen LogP contribution in [-0.4, -0.2) is 16.8 Å². The van der Waals surface area contributed by atoms with Crippen LogP contribution < -0.4 is 10.6 Å². The zero-order chi connectivity index (χ0) is 21.3. The summed E-state index contributed by atoms with van der Waals surface area (Å²) < 4.78 is 64.5. The van der Waals surface area contributed by atoms with Gasteiger partial charge >= 0.3 is 18.0 Å². The Hall–Kier alpha value is -3.43. The molecule has 0 bridgehead atoms. The molecule has 0 radical (unpaired) electrons. The van der Waals surface area contributed by atoms with E-state index in [1.54, 1.807) is 0 Å². The van der Waals surface area contributed by atoms with Crippen molar-refractivity contribution in [3.63, 3.8) is 0 Å². The molecule has 1 atom stereocenters. The number of nitrogens with one attached hydrogen (secondary N) is 3. The second kappa shape index (κ2) is 7.53. The summed E-state index contributed by atoms with van der Waals surface area (Å²) >= 11 is 0. The zero-order valence-corrected chi connectivity index (χ0v) is 14.8. The van der Waals surface area contributed by atoms with Crippen molar-refractivity contribution >= 4 is 28.4 Å². The fourth-order valence-corrected chi connectivity index (χ4v) is 2.71. The molecule has 3 N–H and O–H groups in total.